The number of carbonyl (C=O) groups excluding carboxylic acids is 4. The molecule has 10 heteroatoms. The van der Waals surface area contributed by atoms with Gasteiger partial charge in [0, 0.05) is 11.6 Å². The maximum Gasteiger partial charge on any atom is 0.343 e. The van der Waals surface area contributed by atoms with Crippen molar-refractivity contribution in [2.45, 2.75) is 102 Å². The molecule has 0 aromatic heterocycles. The highest BCUT2D eigenvalue weighted by Gasteiger charge is 2.47. The molecule has 0 amide bonds. The number of benzene rings is 3. The largest absolute Gasteiger partial charge is 0.464 e. The van der Waals surface area contributed by atoms with Crippen molar-refractivity contribution in [3.63, 3.8) is 0 Å². The number of esters is 4. The van der Waals surface area contributed by atoms with Gasteiger partial charge in [-0.05, 0) is 98.7 Å². The molecular formula is C44H52O10. The third-order valence-corrected chi connectivity index (χ3v) is 10.1. The van der Waals surface area contributed by atoms with E-state index >= 15 is 0 Å². The van der Waals surface area contributed by atoms with Gasteiger partial charge in [0.2, 0.25) is 0 Å². The normalized spacial score (nSPS) is 19.8. The van der Waals surface area contributed by atoms with Gasteiger partial charge in [-0.2, -0.15) is 0 Å². The summed E-state index contributed by atoms with van der Waals surface area (Å²) in [5, 5.41) is 0. The molecule has 1 aliphatic carbocycles. The molecule has 288 valence electrons. The molecule has 0 N–H and O–H groups in total. The van der Waals surface area contributed by atoms with Crippen LogP contribution in [0.3, 0.4) is 0 Å². The van der Waals surface area contributed by atoms with Gasteiger partial charge in [0.05, 0.1) is 25.4 Å². The van der Waals surface area contributed by atoms with Gasteiger partial charge in [-0.15, -0.1) is 0 Å². The van der Waals surface area contributed by atoms with Crippen molar-refractivity contribution in [1.29, 1.82) is 0 Å². The Morgan fingerprint density at radius 1 is 0.667 bits per heavy atom. The fourth-order valence-electron chi connectivity index (χ4n) is 7.09. The van der Waals surface area contributed by atoms with Crippen molar-refractivity contribution < 1.29 is 47.6 Å². The molecule has 0 spiro atoms. The summed E-state index contributed by atoms with van der Waals surface area (Å²) in [5.74, 6) is -0.523. The predicted molar refractivity (Wildman–Crippen MR) is 203 cm³/mol. The van der Waals surface area contributed by atoms with E-state index in [1.807, 2.05) is 12.1 Å². The molecule has 2 aliphatic rings. The van der Waals surface area contributed by atoms with E-state index in [2.05, 4.69) is 30.8 Å². The van der Waals surface area contributed by atoms with Crippen molar-refractivity contribution >= 4 is 23.9 Å². The third-order valence-electron chi connectivity index (χ3n) is 10.1. The molecule has 1 heterocycles. The summed E-state index contributed by atoms with van der Waals surface area (Å²) in [7, 11) is 0. The molecule has 2 fully saturated rings. The average molecular weight is 741 g/mol. The Kier molecular flexibility index (Phi) is 15.4. The summed E-state index contributed by atoms with van der Waals surface area (Å²) in [6, 6.07) is 22.6. The molecule has 3 aromatic rings. The van der Waals surface area contributed by atoms with Gasteiger partial charge in [0.25, 0.3) is 0 Å². The van der Waals surface area contributed by atoms with E-state index in [-0.39, 0.29) is 19.2 Å². The highest BCUT2D eigenvalue weighted by Crippen LogP contribution is 2.38. The molecule has 0 unspecified atom stereocenters. The topological polar surface area (TPSA) is 124 Å². The van der Waals surface area contributed by atoms with E-state index in [9.17, 15) is 19.2 Å². The van der Waals surface area contributed by atoms with Gasteiger partial charge in [-0.25, -0.2) is 19.2 Å². The minimum absolute atomic E-state index is 0.126. The first-order chi connectivity index (χ1) is 26.3. The summed E-state index contributed by atoms with van der Waals surface area (Å²) in [6.45, 7) is 7.47. The number of carbonyl (C=O) groups is 4. The smallest absolute Gasteiger partial charge is 0.343 e. The van der Waals surface area contributed by atoms with Crippen LogP contribution in [0.2, 0.25) is 0 Å². The molecule has 3 aromatic carbocycles. The fourth-order valence-corrected chi connectivity index (χ4v) is 7.09. The van der Waals surface area contributed by atoms with Crippen LogP contribution >= 0.6 is 0 Å². The number of rotatable bonds is 18. The van der Waals surface area contributed by atoms with Gasteiger partial charge in [0.1, 0.15) is 5.75 Å². The van der Waals surface area contributed by atoms with Crippen LogP contribution in [-0.4, -0.2) is 55.9 Å². The van der Waals surface area contributed by atoms with Crippen molar-refractivity contribution in [2.24, 2.45) is 5.92 Å². The monoisotopic (exact) mass is 740 g/mol. The van der Waals surface area contributed by atoms with Crippen LogP contribution in [-0.2, 0) is 38.1 Å². The van der Waals surface area contributed by atoms with Gasteiger partial charge in [-0.3, -0.25) is 0 Å². The zero-order valence-electron chi connectivity index (χ0n) is 31.4. The molecule has 0 radical (unpaired) electrons. The van der Waals surface area contributed by atoms with Crippen LogP contribution in [0, 0.1) is 5.92 Å². The SMILES string of the molecule is C=CC(=O)OCCCCCCC[C@H]1CC[C@H](c2ccc(-c3ccc(C(=O)Oc4ccc(C5O[C@@H](C(=O)OCC)[C@H](C(=O)OCC)O5)cc4)cc3)cc2)CC1. The van der Waals surface area contributed by atoms with Crippen LogP contribution in [0.1, 0.15) is 112 Å². The lowest BCUT2D eigenvalue weighted by atomic mass is 9.77. The van der Waals surface area contributed by atoms with Crippen molar-refractivity contribution in [1.82, 2.24) is 0 Å². The summed E-state index contributed by atoms with van der Waals surface area (Å²) in [5.41, 5.74) is 4.45. The second kappa shape index (κ2) is 20.6. The number of hydrogen-bond acceptors (Lipinski definition) is 10. The van der Waals surface area contributed by atoms with Gasteiger partial charge in [0.15, 0.2) is 18.5 Å². The number of unbranched alkanes of at least 4 members (excludes halogenated alkanes) is 4. The minimum Gasteiger partial charge on any atom is -0.464 e. The number of hydrogen-bond donors (Lipinski definition) is 0. The highest BCUT2D eigenvalue weighted by atomic mass is 16.8. The Bertz CT molecular complexity index is 1650. The van der Waals surface area contributed by atoms with Crippen molar-refractivity contribution in [3.8, 4) is 16.9 Å². The summed E-state index contributed by atoms with van der Waals surface area (Å²) in [6.07, 6.45) is 9.72. The Hall–Kier alpha value is -4.80. The van der Waals surface area contributed by atoms with Crippen LogP contribution in [0.15, 0.2) is 85.5 Å². The molecule has 0 bridgehead atoms. The van der Waals surface area contributed by atoms with Gasteiger partial charge in [-0.1, -0.05) is 87.2 Å². The Morgan fingerprint density at radius 3 is 1.78 bits per heavy atom. The summed E-state index contributed by atoms with van der Waals surface area (Å²) in [4.78, 5) is 48.9. The first-order valence-electron chi connectivity index (χ1n) is 19.3. The van der Waals surface area contributed by atoms with Crippen LogP contribution in [0.5, 0.6) is 5.75 Å². The van der Waals surface area contributed by atoms with E-state index in [1.54, 1.807) is 50.2 Å². The van der Waals surface area contributed by atoms with E-state index < -0.39 is 36.4 Å². The Balaban J connectivity index is 1.05. The van der Waals surface area contributed by atoms with E-state index in [0.717, 1.165) is 29.9 Å². The second-order valence-corrected chi connectivity index (χ2v) is 13.8. The Morgan fingerprint density at radius 2 is 1.20 bits per heavy atom. The standard InChI is InChI=1S/C44H52O10/c1-4-38(45)51-29-11-9-7-8-10-12-30-13-15-31(16-14-30)32-17-19-33(20-18-32)34-21-23-35(24-22-34)41(46)52-37-27-25-36(26-28-37)44-53-39(42(47)49-5-2)40(54-44)43(48)50-6-3/h4,17-28,30-31,39-40,44H,1,5-16,29H2,2-3H3/t30-,31-,39-,40-/m1/s1. The lowest BCUT2D eigenvalue weighted by Crippen LogP contribution is -2.39. The molecule has 1 saturated carbocycles. The van der Waals surface area contributed by atoms with Crippen molar-refractivity contribution in [2.75, 3.05) is 19.8 Å². The fraction of sp³-hybridized carbons (Fsp3) is 0.455. The van der Waals surface area contributed by atoms with Crippen LogP contribution in [0.4, 0.5) is 0 Å². The number of ether oxygens (including phenoxy) is 6. The quantitative estimate of drug-likeness (QED) is 0.0411. The molecular weight excluding hydrogens is 688 g/mol. The van der Waals surface area contributed by atoms with Gasteiger partial charge >= 0.3 is 23.9 Å². The lowest BCUT2D eigenvalue weighted by Gasteiger charge is -2.29. The molecule has 2 atom stereocenters. The average Bonchev–Trinajstić information content (AvgIpc) is 3.66. The van der Waals surface area contributed by atoms with Gasteiger partial charge < -0.3 is 28.4 Å². The molecule has 1 saturated heterocycles. The first kappa shape index (κ1) is 40.4. The molecule has 10 nitrogen and oxygen atoms in total. The second-order valence-electron chi connectivity index (χ2n) is 13.8. The summed E-state index contributed by atoms with van der Waals surface area (Å²) < 4.78 is 32.2. The highest BCUT2D eigenvalue weighted by molar-refractivity contribution is 5.91. The summed E-state index contributed by atoms with van der Waals surface area (Å²) >= 11 is 0. The van der Waals surface area contributed by atoms with Crippen LogP contribution < -0.4 is 4.74 Å². The minimum atomic E-state index is -1.26. The van der Waals surface area contributed by atoms with E-state index in [0.29, 0.717) is 29.4 Å². The maximum atomic E-state index is 13.0. The molecule has 54 heavy (non-hydrogen) atoms. The zero-order valence-corrected chi connectivity index (χ0v) is 31.4. The molecule has 1 aliphatic heterocycles. The Labute approximate surface area is 318 Å². The first-order valence-corrected chi connectivity index (χ1v) is 19.3. The lowest BCUT2D eigenvalue weighted by molar-refractivity contribution is -0.163. The van der Waals surface area contributed by atoms with E-state index in [1.165, 1.54) is 63.0 Å². The third kappa shape index (κ3) is 11.4. The zero-order chi connectivity index (χ0) is 38.3. The van der Waals surface area contributed by atoms with Crippen LogP contribution in [0.25, 0.3) is 11.1 Å². The predicted octanol–water partition coefficient (Wildman–Crippen LogP) is 8.83. The van der Waals surface area contributed by atoms with E-state index in [4.69, 9.17) is 28.4 Å². The molecule has 5 rings (SSSR count). The maximum absolute atomic E-state index is 13.0. The van der Waals surface area contributed by atoms with Crippen molar-refractivity contribution in [3.05, 3.63) is 102 Å².